The first-order valence-corrected chi connectivity index (χ1v) is 10.5. The number of benzene rings is 2. The molecule has 2 aromatic carbocycles. The summed E-state index contributed by atoms with van der Waals surface area (Å²) in [6.45, 7) is 1.96. The Balaban J connectivity index is 1.44. The standard InChI is InChI=1S/C20H18FN3O2S2/c1-13-2-4-14(5-3-13)19(26)24-20-23-17(11-28-20)10-27-12-18(25)22-16-8-6-15(21)7-9-16/h2-9,11H,10,12H2,1H3,(H,22,25)(H,23,24,26). The molecular formula is C20H18FN3O2S2. The van der Waals surface area contributed by atoms with Gasteiger partial charge in [0.15, 0.2) is 5.13 Å². The van der Waals surface area contributed by atoms with E-state index in [-0.39, 0.29) is 23.4 Å². The summed E-state index contributed by atoms with van der Waals surface area (Å²) in [5, 5.41) is 7.87. The second-order valence-electron chi connectivity index (χ2n) is 6.01. The molecule has 0 atom stereocenters. The highest BCUT2D eigenvalue weighted by molar-refractivity contribution is 7.99. The lowest BCUT2D eigenvalue weighted by Gasteiger charge is -2.04. The van der Waals surface area contributed by atoms with Gasteiger partial charge in [0.2, 0.25) is 5.91 Å². The molecule has 3 aromatic rings. The minimum Gasteiger partial charge on any atom is -0.325 e. The molecule has 3 rings (SSSR count). The molecule has 2 N–H and O–H groups in total. The minimum atomic E-state index is -0.346. The number of nitrogens with one attached hydrogen (secondary N) is 2. The highest BCUT2D eigenvalue weighted by Crippen LogP contribution is 2.20. The van der Waals surface area contributed by atoms with E-state index in [0.29, 0.717) is 22.1 Å². The molecule has 0 saturated carbocycles. The maximum Gasteiger partial charge on any atom is 0.257 e. The average molecular weight is 416 g/mol. The molecule has 0 aliphatic carbocycles. The topological polar surface area (TPSA) is 71.1 Å². The van der Waals surface area contributed by atoms with E-state index in [1.807, 2.05) is 24.4 Å². The number of amides is 2. The number of aryl methyl sites for hydroxylation is 1. The molecule has 0 unspecified atom stereocenters. The van der Waals surface area contributed by atoms with Crippen LogP contribution in [0.25, 0.3) is 0 Å². The smallest absolute Gasteiger partial charge is 0.257 e. The van der Waals surface area contributed by atoms with Gasteiger partial charge in [-0.2, -0.15) is 0 Å². The SMILES string of the molecule is Cc1ccc(C(=O)Nc2nc(CSCC(=O)Nc3ccc(F)cc3)cs2)cc1. The number of hydrogen-bond donors (Lipinski definition) is 2. The fraction of sp³-hybridized carbons (Fsp3) is 0.150. The largest absolute Gasteiger partial charge is 0.325 e. The summed E-state index contributed by atoms with van der Waals surface area (Å²) in [6.07, 6.45) is 0. The van der Waals surface area contributed by atoms with E-state index in [4.69, 9.17) is 0 Å². The van der Waals surface area contributed by atoms with E-state index in [0.717, 1.165) is 11.3 Å². The number of carbonyl (C=O) groups is 2. The lowest BCUT2D eigenvalue weighted by Crippen LogP contribution is -2.14. The number of hydrogen-bond acceptors (Lipinski definition) is 5. The summed E-state index contributed by atoms with van der Waals surface area (Å²) in [5.41, 5.74) is 3.02. The molecule has 0 spiro atoms. The molecule has 28 heavy (non-hydrogen) atoms. The van der Waals surface area contributed by atoms with Crippen molar-refractivity contribution in [2.75, 3.05) is 16.4 Å². The van der Waals surface area contributed by atoms with E-state index >= 15 is 0 Å². The van der Waals surface area contributed by atoms with Gasteiger partial charge < -0.3 is 5.32 Å². The van der Waals surface area contributed by atoms with Crippen molar-refractivity contribution in [2.24, 2.45) is 0 Å². The summed E-state index contributed by atoms with van der Waals surface area (Å²) in [4.78, 5) is 28.5. The van der Waals surface area contributed by atoms with E-state index in [9.17, 15) is 14.0 Å². The van der Waals surface area contributed by atoms with Gasteiger partial charge in [-0.25, -0.2) is 9.37 Å². The summed E-state index contributed by atoms with van der Waals surface area (Å²) in [5.74, 6) is 0.0846. The highest BCUT2D eigenvalue weighted by atomic mass is 32.2. The summed E-state index contributed by atoms with van der Waals surface area (Å²) in [6, 6.07) is 12.9. The predicted molar refractivity (Wildman–Crippen MR) is 112 cm³/mol. The number of halogens is 1. The Labute approximate surface area is 170 Å². The molecule has 0 aliphatic rings. The molecule has 5 nitrogen and oxygen atoms in total. The monoisotopic (exact) mass is 415 g/mol. The van der Waals surface area contributed by atoms with Gasteiger partial charge in [0.05, 0.1) is 11.4 Å². The zero-order valence-corrected chi connectivity index (χ0v) is 16.7. The van der Waals surface area contributed by atoms with Crippen LogP contribution in [0.4, 0.5) is 15.2 Å². The van der Waals surface area contributed by atoms with Crippen LogP contribution in [-0.2, 0) is 10.5 Å². The number of carbonyl (C=O) groups excluding carboxylic acids is 2. The van der Waals surface area contributed by atoms with Crippen molar-refractivity contribution in [1.82, 2.24) is 4.98 Å². The second-order valence-corrected chi connectivity index (χ2v) is 7.86. The molecule has 8 heteroatoms. The molecule has 0 radical (unpaired) electrons. The first kappa shape index (κ1) is 20.0. The van der Waals surface area contributed by atoms with Crippen molar-refractivity contribution in [2.45, 2.75) is 12.7 Å². The fourth-order valence-corrected chi connectivity index (χ4v) is 3.81. The summed E-state index contributed by atoms with van der Waals surface area (Å²) < 4.78 is 12.9. The van der Waals surface area contributed by atoms with E-state index in [2.05, 4.69) is 15.6 Å². The molecule has 2 amide bonds. The first-order valence-electron chi connectivity index (χ1n) is 8.45. The van der Waals surface area contributed by atoms with Crippen LogP contribution in [0.2, 0.25) is 0 Å². The van der Waals surface area contributed by atoms with Crippen LogP contribution < -0.4 is 10.6 Å². The van der Waals surface area contributed by atoms with Crippen molar-refractivity contribution < 1.29 is 14.0 Å². The summed E-state index contributed by atoms with van der Waals surface area (Å²) >= 11 is 2.76. The van der Waals surface area contributed by atoms with E-state index < -0.39 is 0 Å². The third-order valence-electron chi connectivity index (χ3n) is 3.70. The van der Waals surface area contributed by atoms with Gasteiger partial charge in [-0.05, 0) is 43.3 Å². The number of aromatic nitrogens is 1. The second kappa shape index (κ2) is 9.48. The van der Waals surface area contributed by atoms with Gasteiger partial charge in [0, 0.05) is 22.4 Å². The van der Waals surface area contributed by atoms with Gasteiger partial charge in [0.25, 0.3) is 5.91 Å². The van der Waals surface area contributed by atoms with Gasteiger partial charge in [-0.1, -0.05) is 17.7 Å². The van der Waals surface area contributed by atoms with Gasteiger partial charge in [0.1, 0.15) is 5.82 Å². The number of nitrogens with zero attached hydrogens (tertiary/aromatic N) is 1. The Bertz CT molecular complexity index is 956. The maximum atomic E-state index is 12.9. The Morgan fingerprint density at radius 2 is 1.79 bits per heavy atom. The van der Waals surface area contributed by atoms with Crippen LogP contribution in [0.5, 0.6) is 0 Å². The predicted octanol–water partition coefficient (Wildman–Crippen LogP) is 4.71. The molecule has 1 heterocycles. The number of thiazole rings is 1. The maximum absolute atomic E-state index is 12.9. The molecule has 1 aromatic heterocycles. The Hall–Kier alpha value is -2.71. The van der Waals surface area contributed by atoms with Crippen molar-refractivity contribution in [1.29, 1.82) is 0 Å². The van der Waals surface area contributed by atoms with E-state index in [1.54, 1.807) is 12.1 Å². The molecule has 0 aliphatic heterocycles. The third-order valence-corrected chi connectivity index (χ3v) is 5.47. The molecule has 0 fully saturated rings. The Morgan fingerprint density at radius 3 is 2.50 bits per heavy atom. The number of rotatable bonds is 7. The first-order chi connectivity index (χ1) is 13.5. The van der Waals surface area contributed by atoms with Crippen LogP contribution in [0.1, 0.15) is 21.6 Å². The Morgan fingerprint density at radius 1 is 1.07 bits per heavy atom. The third kappa shape index (κ3) is 5.90. The fourth-order valence-electron chi connectivity index (χ4n) is 2.28. The molecule has 144 valence electrons. The minimum absolute atomic E-state index is 0.167. The van der Waals surface area contributed by atoms with Crippen LogP contribution >= 0.6 is 23.1 Å². The van der Waals surface area contributed by atoms with E-state index in [1.165, 1.54) is 47.4 Å². The number of thioether (sulfide) groups is 1. The molecule has 0 bridgehead atoms. The zero-order valence-electron chi connectivity index (χ0n) is 15.1. The number of anilines is 2. The van der Waals surface area contributed by atoms with Gasteiger partial charge >= 0.3 is 0 Å². The molecular weight excluding hydrogens is 397 g/mol. The van der Waals surface area contributed by atoms with Crippen molar-refractivity contribution in [3.63, 3.8) is 0 Å². The van der Waals surface area contributed by atoms with Gasteiger partial charge in [-0.3, -0.25) is 14.9 Å². The Kier molecular flexibility index (Phi) is 6.78. The lowest BCUT2D eigenvalue weighted by atomic mass is 10.1. The average Bonchev–Trinajstić information content (AvgIpc) is 3.11. The highest BCUT2D eigenvalue weighted by Gasteiger charge is 2.10. The zero-order chi connectivity index (χ0) is 19.9. The van der Waals surface area contributed by atoms with Crippen molar-refractivity contribution >= 4 is 45.7 Å². The van der Waals surface area contributed by atoms with Crippen molar-refractivity contribution in [3.05, 3.63) is 76.5 Å². The van der Waals surface area contributed by atoms with Crippen molar-refractivity contribution in [3.8, 4) is 0 Å². The van der Waals surface area contributed by atoms with Gasteiger partial charge in [-0.15, -0.1) is 23.1 Å². The molecule has 0 saturated heterocycles. The van der Waals surface area contributed by atoms with Crippen LogP contribution in [0.3, 0.4) is 0 Å². The van der Waals surface area contributed by atoms with Crippen LogP contribution in [-0.4, -0.2) is 22.6 Å². The normalized spacial score (nSPS) is 10.5. The van der Waals surface area contributed by atoms with Crippen LogP contribution in [0, 0.1) is 12.7 Å². The quantitative estimate of drug-likeness (QED) is 0.586. The lowest BCUT2D eigenvalue weighted by molar-refractivity contribution is -0.113. The van der Waals surface area contributed by atoms with Crippen LogP contribution in [0.15, 0.2) is 53.9 Å². The summed E-state index contributed by atoms with van der Waals surface area (Å²) in [7, 11) is 0.